The van der Waals surface area contributed by atoms with E-state index in [0.29, 0.717) is 22.2 Å². The summed E-state index contributed by atoms with van der Waals surface area (Å²) < 4.78 is 14.2. The molecule has 140 valence electrons. The predicted octanol–water partition coefficient (Wildman–Crippen LogP) is 3.65. The van der Waals surface area contributed by atoms with Gasteiger partial charge in [-0.1, -0.05) is 25.0 Å². The van der Waals surface area contributed by atoms with E-state index in [4.69, 9.17) is 0 Å². The van der Waals surface area contributed by atoms with E-state index in [9.17, 15) is 14.3 Å². The lowest BCUT2D eigenvalue weighted by molar-refractivity contribution is 0.0872. The molecule has 1 fully saturated rings. The Morgan fingerprint density at radius 1 is 1.22 bits per heavy atom. The van der Waals surface area contributed by atoms with Crippen molar-refractivity contribution in [1.29, 1.82) is 0 Å². The van der Waals surface area contributed by atoms with Gasteiger partial charge in [0, 0.05) is 35.1 Å². The first-order valence-corrected chi connectivity index (χ1v) is 9.32. The molecule has 1 amide bonds. The van der Waals surface area contributed by atoms with Crippen LogP contribution in [0.4, 0.5) is 4.39 Å². The molecule has 0 unspecified atom stereocenters. The van der Waals surface area contributed by atoms with Crippen LogP contribution in [0.5, 0.6) is 0 Å². The second-order valence-electron chi connectivity index (χ2n) is 7.12. The number of carbonyl (C=O) groups is 1. The van der Waals surface area contributed by atoms with Gasteiger partial charge >= 0.3 is 0 Å². The molecule has 1 heterocycles. The number of nitrogens with one attached hydrogen (secondary N) is 2. The molecule has 0 radical (unpaired) electrons. The monoisotopic (exact) mass is 367 g/mol. The van der Waals surface area contributed by atoms with Gasteiger partial charge in [0.1, 0.15) is 11.5 Å². The number of aromatic nitrogens is 2. The minimum atomic E-state index is -0.353. The molecule has 2 aromatic carbocycles. The zero-order chi connectivity index (χ0) is 18.8. The largest absolute Gasteiger partial charge is 0.396 e. The molecule has 1 aliphatic rings. The lowest BCUT2D eigenvalue weighted by Gasteiger charge is -2.30. The Kier molecular flexibility index (Phi) is 4.90. The van der Waals surface area contributed by atoms with E-state index < -0.39 is 0 Å². The van der Waals surface area contributed by atoms with Crippen molar-refractivity contribution in [3.05, 3.63) is 53.8 Å². The zero-order valence-corrected chi connectivity index (χ0v) is 14.9. The molecule has 4 rings (SSSR count). The van der Waals surface area contributed by atoms with Gasteiger partial charge < -0.3 is 10.4 Å². The summed E-state index contributed by atoms with van der Waals surface area (Å²) in [5.74, 6) is -0.425. The first-order valence-electron chi connectivity index (χ1n) is 9.32. The number of halogens is 1. The lowest BCUT2D eigenvalue weighted by atomic mass is 9.85. The molecule has 1 aromatic heterocycles. The molecule has 3 aromatic rings. The van der Waals surface area contributed by atoms with E-state index in [1.165, 1.54) is 6.07 Å². The highest BCUT2D eigenvalue weighted by molar-refractivity contribution is 6.01. The van der Waals surface area contributed by atoms with Gasteiger partial charge in [0.15, 0.2) is 0 Å². The average molecular weight is 367 g/mol. The van der Waals surface area contributed by atoms with Crippen LogP contribution in [0.3, 0.4) is 0 Å². The van der Waals surface area contributed by atoms with Gasteiger partial charge in [-0.15, -0.1) is 0 Å². The highest BCUT2D eigenvalue weighted by Crippen LogP contribution is 2.29. The Morgan fingerprint density at radius 2 is 2.04 bits per heavy atom. The fourth-order valence-corrected chi connectivity index (χ4v) is 3.88. The van der Waals surface area contributed by atoms with E-state index in [0.717, 1.165) is 31.2 Å². The highest BCUT2D eigenvalue weighted by Gasteiger charge is 2.26. The van der Waals surface area contributed by atoms with Gasteiger partial charge in [-0.3, -0.25) is 9.89 Å². The molecule has 3 N–H and O–H groups in total. The number of aliphatic hydroxyl groups is 1. The number of benzene rings is 2. The second-order valence-corrected chi connectivity index (χ2v) is 7.12. The molecule has 0 saturated heterocycles. The van der Waals surface area contributed by atoms with Gasteiger partial charge in [-0.2, -0.15) is 5.10 Å². The number of carbonyl (C=O) groups excluding carboxylic acids is 1. The van der Waals surface area contributed by atoms with Crippen molar-refractivity contribution in [3.8, 4) is 11.3 Å². The summed E-state index contributed by atoms with van der Waals surface area (Å²) in [5, 5.41) is 20.4. The SMILES string of the molecule is O=C(N[C@H]1CCCC[C@@H]1CO)c1ccc2[nH]nc(-c3ccccc3F)c2c1. The van der Waals surface area contributed by atoms with Gasteiger partial charge in [0.25, 0.3) is 5.91 Å². The molecular formula is C21H22FN3O2. The minimum absolute atomic E-state index is 0.0117. The van der Waals surface area contributed by atoms with Crippen molar-refractivity contribution >= 4 is 16.8 Å². The van der Waals surface area contributed by atoms with Crippen LogP contribution in [0.2, 0.25) is 0 Å². The van der Waals surface area contributed by atoms with Crippen molar-refractivity contribution in [1.82, 2.24) is 15.5 Å². The van der Waals surface area contributed by atoms with Crippen LogP contribution >= 0.6 is 0 Å². The Labute approximate surface area is 156 Å². The molecule has 0 aliphatic heterocycles. The summed E-state index contributed by atoms with van der Waals surface area (Å²) in [6.45, 7) is 0.0865. The van der Waals surface area contributed by atoms with Crippen molar-refractivity contribution in [3.63, 3.8) is 0 Å². The number of aliphatic hydroxyl groups excluding tert-OH is 1. The Balaban J connectivity index is 1.64. The number of nitrogens with zero attached hydrogens (tertiary/aromatic N) is 1. The first kappa shape index (κ1) is 17.7. The van der Waals surface area contributed by atoms with Crippen LogP contribution in [0, 0.1) is 11.7 Å². The third kappa shape index (κ3) is 3.45. The summed E-state index contributed by atoms with van der Waals surface area (Å²) in [6, 6.07) is 11.7. The van der Waals surface area contributed by atoms with E-state index in [2.05, 4.69) is 15.5 Å². The number of amides is 1. The van der Waals surface area contributed by atoms with E-state index >= 15 is 0 Å². The topological polar surface area (TPSA) is 78.0 Å². The average Bonchev–Trinajstić information content (AvgIpc) is 3.12. The molecule has 5 nitrogen and oxygen atoms in total. The number of hydrogen-bond donors (Lipinski definition) is 3. The molecule has 0 spiro atoms. The van der Waals surface area contributed by atoms with Crippen LogP contribution in [0.25, 0.3) is 22.2 Å². The standard InChI is InChI=1S/C21H22FN3O2/c22-17-7-3-2-6-15(17)20-16-11-13(9-10-19(16)24-25-20)21(27)23-18-8-4-1-5-14(18)12-26/h2-3,6-7,9-11,14,18,26H,1,4-5,8,12H2,(H,23,27)(H,24,25)/t14-,18+/m1/s1. The zero-order valence-electron chi connectivity index (χ0n) is 14.9. The molecule has 6 heteroatoms. The molecule has 1 aliphatic carbocycles. The van der Waals surface area contributed by atoms with Crippen LogP contribution in [0.15, 0.2) is 42.5 Å². The third-order valence-electron chi connectivity index (χ3n) is 5.41. The van der Waals surface area contributed by atoms with Gasteiger partial charge in [-0.25, -0.2) is 4.39 Å². The quantitative estimate of drug-likeness (QED) is 0.659. The molecular weight excluding hydrogens is 345 g/mol. The number of fused-ring (bicyclic) bond motifs is 1. The van der Waals surface area contributed by atoms with E-state index in [-0.39, 0.29) is 30.3 Å². The fraction of sp³-hybridized carbons (Fsp3) is 0.333. The van der Waals surface area contributed by atoms with Crippen molar-refractivity contribution < 1.29 is 14.3 Å². The maximum Gasteiger partial charge on any atom is 0.251 e. The smallest absolute Gasteiger partial charge is 0.251 e. The Hall–Kier alpha value is -2.73. The second kappa shape index (κ2) is 7.48. The fourth-order valence-electron chi connectivity index (χ4n) is 3.88. The van der Waals surface area contributed by atoms with Gasteiger partial charge in [0.05, 0.1) is 5.52 Å². The highest BCUT2D eigenvalue weighted by atomic mass is 19.1. The maximum atomic E-state index is 14.2. The molecule has 0 bridgehead atoms. The van der Waals surface area contributed by atoms with Gasteiger partial charge in [-0.05, 0) is 43.2 Å². The van der Waals surface area contributed by atoms with Gasteiger partial charge in [0.2, 0.25) is 0 Å². The summed E-state index contributed by atoms with van der Waals surface area (Å²) >= 11 is 0. The summed E-state index contributed by atoms with van der Waals surface area (Å²) in [5.41, 5.74) is 2.14. The van der Waals surface area contributed by atoms with Crippen LogP contribution in [0.1, 0.15) is 36.0 Å². The number of H-pyrrole nitrogens is 1. The number of hydrogen-bond acceptors (Lipinski definition) is 3. The third-order valence-corrected chi connectivity index (χ3v) is 5.41. The molecule has 27 heavy (non-hydrogen) atoms. The van der Waals surface area contributed by atoms with E-state index in [1.54, 1.807) is 36.4 Å². The number of rotatable bonds is 4. The molecule has 1 saturated carbocycles. The maximum absolute atomic E-state index is 14.2. The normalized spacial score (nSPS) is 19.9. The lowest BCUT2D eigenvalue weighted by Crippen LogP contribution is -2.43. The summed E-state index contributed by atoms with van der Waals surface area (Å²) in [6.07, 6.45) is 3.95. The molecule has 2 atom stereocenters. The van der Waals surface area contributed by atoms with Crippen LogP contribution in [-0.4, -0.2) is 33.9 Å². The van der Waals surface area contributed by atoms with Crippen LogP contribution in [-0.2, 0) is 0 Å². The minimum Gasteiger partial charge on any atom is -0.396 e. The van der Waals surface area contributed by atoms with Crippen molar-refractivity contribution in [2.24, 2.45) is 5.92 Å². The Bertz CT molecular complexity index is 969. The summed E-state index contributed by atoms with van der Waals surface area (Å²) in [7, 11) is 0. The number of aromatic amines is 1. The summed E-state index contributed by atoms with van der Waals surface area (Å²) in [4.78, 5) is 12.8. The Morgan fingerprint density at radius 3 is 2.85 bits per heavy atom. The van der Waals surface area contributed by atoms with Crippen molar-refractivity contribution in [2.75, 3.05) is 6.61 Å². The van der Waals surface area contributed by atoms with Crippen molar-refractivity contribution in [2.45, 2.75) is 31.7 Å². The van der Waals surface area contributed by atoms with E-state index in [1.807, 2.05) is 0 Å². The predicted molar refractivity (Wildman–Crippen MR) is 102 cm³/mol. The first-order chi connectivity index (χ1) is 13.2. The van der Waals surface area contributed by atoms with Crippen LogP contribution < -0.4 is 5.32 Å².